The predicted octanol–water partition coefficient (Wildman–Crippen LogP) is 5.11. The fourth-order valence-electron chi connectivity index (χ4n) is 6.20. The molecular formula is C27H26BrClN2O3. The average Bonchev–Trinajstić information content (AvgIpc) is 3.26. The van der Waals surface area contributed by atoms with E-state index in [4.69, 9.17) is 21.1 Å². The highest BCUT2D eigenvalue weighted by Gasteiger charge is 2.73. The molecule has 7 heteroatoms. The molecule has 0 radical (unpaired) electrons. The molecule has 1 N–H and O–H groups in total. The Labute approximate surface area is 212 Å². The third-order valence-electron chi connectivity index (χ3n) is 7.68. The van der Waals surface area contributed by atoms with Gasteiger partial charge in [-0.15, -0.1) is 0 Å². The summed E-state index contributed by atoms with van der Waals surface area (Å²) in [4.78, 5) is 7.06. The lowest BCUT2D eigenvalue weighted by molar-refractivity contribution is -0.135. The number of morpholine rings is 1. The molecule has 176 valence electrons. The Morgan fingerprint density at radius 3 is 2.56 bits per heavy atom. The SMILES string of the molecule is OC12c3ncc(Cl)cc3OC1(c1ccc(Br)cc1)C(c1ccccc1)CC2CN1CCOCC1. The van der Waals surface area contributed by atoms with Crippen molar-refractivity contribution in [2.24, 2.45) is 5.92 Å². The maximum Gasteiger partial charge on any atom is 0.175 e. The van der Waals surface area contributed by atoms with E-state index in [1.165, 1.54) is 0 Å². The zero-order chi connectivity index (χ0) is 23.3. The number of halogens is 2. The van der Waals surface area contributed by atoms with Crippen molar-refractivity contribution < 1.29 is 14.6 Å². The van der Waals surface area contributed by atoms with Crippen molar-refractivity contribution in [3.8, 4) is 5.75 Å². The molecule has 34 heavy (non-hydrogen) atoms. The van der Waals surface area contributed by atoms with Crippen LogP contribution in [0.2, 0.25) is 5.02 Å². The van der Waals surface area contributed by atoms with Gasteiger partial charge in [0, 0.05) is 48.2 Å². The van der Waals surface area contributed by atoms with Gasteiger partial charge in [-0.25, -0.2) is 0 Å². The molecule has 6 rings (SSSR count). The molecule has 1 aromatic heterocycles. The molecule has 0 amide bonds. The van der Waals surface area contributed by atoms with Gasteiger partial charge in [-0.2, -0.15) is 0 Å². The summed E-state index contributed by atoms with van der Waals surface area (Å²) in [5.41, 5.74) is 0.320. The molecule has 4 atom stereocenters. The molecule has 0 spiro atoms. The van der Waals surface area contributed by atoms with Crippen LogP contribution in [0.15, 0.2) is 71.3 Å². The minimum atomic E-state index is -1.32. The van der Waals surface area contributed by atoms with Gasteiger partial charge in [-0.05, 0) is 29.7 Å². The number of ether oxygens (including phenoxy) is 2. The fraction of sp³-hybridized carbons (Fsp3) is 0.370. The molecule has 3 aromatic rings. The third-order valence-corrected chi connectivity index (χ3v) is 8.41. The normalized spacial score (nSPS) is 30.6. The van der Waals surface area contributed by atoms with Crippen LogP contribution in [-0.4, -0.2) is 47.8 Å². The molecule has 1 saturated heterocycles. The van der Waals surface area contributed by atoms with Crippen LogP contribution < -0.4 is 4.74 Å². The number of rotatable bonds is 4. The summed E-state index contributed by atoms with van der Waals surface area (Å²) in [6.07, 6.45) is 2.39. The lowest BCUT2D eigenvalue weighted by atomic mass is 9.71. The number of hydrogen-bond donors (Lipinski definition) is 1. The molecule has 1 saturated carbocycles. The van der Waals surface area contributed by atoms with E-state index in [1.807, 2.05) is 18.2 Å². The van der Waals surface area contributed by atoms with Gasteiger partial charge in [-0.1, -0.05) is 70.0 Å². The summed E-state index contributed by atoms with van der Waals surface area (Å²) in [7, 11) is 0. The number of hydrogen-bond acceptors (Lipinski definition) is 5. The van der Waals surface area contributed by atoms with Gasteiger partial charge in [0.2, 0.25) is 0 Å². The van der Waals surface area contributed by atoms with Crippen molar-refractivity contribution in [3.05, 3.63) is 93.2 Å². The molecule has 3 aliphatic rings. The Bertz CT molecular complexity index is 1190. The van der Waals surface area contributed by atoms with Crippen molar-refractivity contribution in [1.82, 2.24) is 9.88 Å². The molecule has 2 fully saturated rings. The Morgan fingerprint density at radius 2 is 1.82 bits per heavy atom. The summed E-state index contributed by atoms with van der Waals surface area (Å²) in [5.74, 6) is 0.402. The van der Waals surface area contributed by atoms with Crippen LogP contribution in [-0.2, 0) is 15.9 Å². The zero-order valence-corrected chi connectivity index (χ0v) is 21.0. The van der Waals surface area contributed by atoms with E-state index < -0.39 is 11.2 Å². The summed E-state index contributed by atoms with van der Waals surface area (Å²) in [5, 5.41) is 13.4. The summed E-state index contributed by atoms with van der Waals surface area (Å²) < 4.78 is 13.4. The Kier molecular flexibility index (Phi) is 5.70. The van der Waals surface area contributed by atoms with Crippen LogP contribution in [0.4, 0.5) is 0 Å². The van der Waals surface area contributed by atoms with Gasteiger partial charge < -0.3 is 14.6 Å². The molecule has 0 bridgehead atoms. The molecule has 4 unspecified atom stereocenters. The smallest absolute Gasteiger partial charge is 0.175 e. The van der Waals surface area contributed by atoms with E-state index >= 15 is 0 Å². The van der Waals surface area contributed by atoms with E-state index in [0.29, 0.717) is 29.7 Å². The molecule has 2 aliphatic heterocycles. The monoisotopic (exact) mass is 540 g/mol. The molecular weight excluding hydrogens is 516 g/mol. The predicted molar refractivity (Wildman–Crippen MR) is 134 cm³/mol. The van der Waals surface area contributed by atoms with Crippen molar-refractivity contribution in [2.45, 2.75) is 23.5 Å². The van der Waals surface area contributed by atoms with Gasteiger partial charge in [0.1, 0.15) is 11.4 Å². The highest BCUT2D eigenvalue weighted by Crippen LogP contribution is 2.68. The summed E-state index contributed by atoms with van der Waals surface area (Å²) >= 11 is 9.89. The van der Waals surface area contributed by atoms with Gasteiger partial charge in [0.25, 0.3) is 0 Å². The second kappa shape index (κ2) is 8.61. The molecule has 2 aromatic carbocycles. The number of aliphatic hydroxyl groups is 1. The van der Waals surface area contributed by atoms with Crippen LogP contribution in [0.25, 0.3) is 0 Å². The van der Waals surface area contributed by atoms with Crippen LogP contribution in [0.5, 0.6) is 5.75 Å². The summed E-state index contributed by atoms with van der Waals surface area (Å²) in [6.45, 7) is 3.89. The lowest BCUT2D eigenvalue weighted by Gasteiger charge is -2.42. The number of aromatic nitrogens is 1. The Balaban J connectivity index is 1.56. The van der Waals surface area contributed by atoms with Crippen LogP contribution in [0.3, 0.4) is 0 Å². The maximum absolute atomic E-state index is 12.9. The largest absolute Gasteiger partial charge is 0.476 e. The molecule has 1 aliphatic carbocycles. The minimum Gasteiger partial charge on any atom is -0.476 e. The minimum absolute atomic E-state index is 0.0705. The maximum atomic E-state index is 12.9. The quantitative estimate of drug-likeness (QED) is 0.498. The van der Waals surface area contributed by atoms with Crippen molar-refractivity contribution >= 4 is 27.5 Å². The first-order valence-electron chi connectivity index (χ1n) is 11.7. The number of pyridine rings is 1. The summed E-state index contributed by atoms with van der Waals surface area (Å²) in [6, 6.07) is 20.3. The average molecular weight is 542 g/mol. The van der Waals surface area contributed by atoms with Crippen LogP contribution in [0.1, 0.15) is 29.2 Å². The molecule has 3 heterocycles. The first kappa shape index (κ1) is 22.5. The van der Waals surface area contributed by atoms with Crippen LogP contribution >= 0.6 is 27.5 Å². The van der Waals surface area contributed by atoms with Gasteiger partial charge in [-0.3, -0.25) is 9.88 Å². The van der Waals surface area contributed by atoms with Gasteiger partial charge >= 0.3 is 0 Å². The van der Waals surface area contributed by atoms with Gasteiger partial charge in [0.15, 0.2) is 11.2 Å². The van der Waals surface area contributed by atoms with E-state index in [-0.39, 0.29) is 11.8 Å². The number of benzene rings is 2. The van der Waals surface area contributed by atoms with Crippen LogP contribution in [0, 0.1) is 5.92 Å². The fourth-order valence-corrected chi connectivity index (χ4v) is 6.61. The zero-order valence-electron chi connectivity index (χ0n) is 18.7. The van der Waals surface area contributed by atoms with Crippen molar-refractivity contribution in [1.29, 1.82) is 0 Å². The van der Waals surface area contributed by atoms with Gasteiger partial charge in [0.05, 0.1) is 18.2 Å². The first-order chi connectivity index (χ1) is 16.5. The highest BCUT2D eigenvalue weighted by molar-refractivity contribution is 9.10. The third kappa shape index (κ3) is 3.34. The van der Waals surface area contributed by atoms with Crippen molar-refractivity contribution in [2.75, 3.05) is 32.8 Å². The standard InChI is InChI=1S/C27H26BrClN2O3/c28-21-8-6-19(7-9-21)27-23(18-4-2-1-3-5-18)14-20(17-31-10-12-33-13-11-31)26(27,32)25-24(34-27)15-22(29)16-30-25/h1-9,15-16,20,23,32H,10-14,17H2. The van der Waals surface area contributed by atoms with E-state index in [1.54, 1.807) is 12.3 Å². The highest BCUT2D eigenvalue weighted by atomic mass is 79.9. The first-order valence-corrected chi connectivity index (χ1v) is 12.9. The number of fused-ring (bicyclic) bond motifs is 3. The second-order valence-corrected chi connectivity index (χ2v) is 10.8. The van der Waals surface area contributed by atoms with E-state index in [9.17, 15) is 5.11 Å². The second-order valence-electron chi connectivity index (χ2n) is 9.42. The Hall–Kier alpha value is -1.96. The van der Waals surface area contributed by atoms with E-state index in [2.05, 4.69) is 62.2 Å². The van der Waals surface area contributed by atoms with Crippen molar-refractivity contribution in [3.63, 3.8) is 0 Å². The molecule has 5 nitrogen and oxygen atoms in total. The lowest BCUT2D eigenvalue weighted by Crippen LogP contribution is -2.53. The number of nitrogens with zero attached hydrogens (tertiary/aromatic N) is 2. The van der Waals surface area contributed by atoms with E-state index in [0.717, 1.165) is 41.7 Å². The topological polar surface area (TPSA) is 54.8 Å². The Morgan fingerprint density at radius 1 is 1.09 bits per heavy atom.